The molecule has 8 heteroatoms. The van der Waals surface area contributed by atoms with Crippen molar-refractivity contribution in [1.82, 2.24) is 5.32 Å². The minimum absolute atomic E-state index is 0.399. The Balaban J connectivity index is 1.84. The lowest BCUT2D eigenvalue weighted by atomic mass is 10.1. The number of rotatable bonds is 4. The quantitative estimate of drug-likeness (QED) is 0.680. The van der Waals surface area contributed by atoms with Gasteiger partial charge in [0.2, 0.25) is 0 Å². The summed E-state index contributed by atoms with van der Waals surface area (Å²) in [4.78, 5) is 24.6. The Morgan fingerprint density at radius 1 is 1.23 bits per heavy atom. The third kappa shape index (κ3) is 5.01. The van der Waals surface area contributed by atoms with Crippen molar-refractivity contribution in [2.45, 2.75) is 38.3 Å². The lowest BCUT2D eigenvalue weighted by Gasteiger charge is -2.08. The molecule has 0 saturated carbocycles. The standard InChI is InChI=1S/C14H16F3NO3S/c15-14(16,17)8-18-12(19)7-21-13(20)11-6-9-4-2-1-3-5-10(9)22-11/h6H,1-5,7-8H2,(H,18,19). The fraction of sp³-hybridized carbons (Fsp3) is 0.571. The molecule has 122 valence electrons. The molecule has 22 heavy (non-hydrogen) atoms. The van der Waals surface area contributed by atoms with Crippen LogP contribution in [0.5, 0.6) is 0 Å². The molecule has 0 aromatic carbocycles. The molecule has 0 aliphatic heterocycles. The number of amides is 1. The van der Waals surface area contributed by atoms with Crippen molar-refractivity contribution in [3.8, 4) is 0 Å². The van der Waals surface area contributed by atoms with Gasteiger partial charge in [-0.15, -0.1) is 11.3 Å². The Labute approximate surface area is 129 Å². The first-order valence-electron chi connectivity index (χ1n) is 6.97. The number of carbonyl (C=O) groups excluding carboxylic acids is 2. The lowest BCUT2D eigenvalue weighted by molar-refractivity contribution is -0.140. The zero-order valence-electron chi connectivity index (χ0n) is 11.8. The van der Waals surface area contributed by atoms with Gasteiger partial charge in [-0.25, -0.2) is 4.79 Å². The highest BCUT2D eigenvalue weighted by atomic mass is 32.1. The van der Waals surface area contributed by atoms with Gasteiger partial charge in [-0.1, -0.05) is 6.42 Å². The number of fused-ring (bicyclic) bond motifs is 1. The zero-order chi connectivity index (χ0) is 16.2. The van der Waals surface area contributed by atoms with Crippen LogP contribution in [0.3, 0.4) is 0 Å². The number of aryl methyl sites for hydroxylation is 2. The van der Waals surface area contributed by atoms with E-state index in [9.17, 15) is 22.8 Å². The van der Waals surface area contributed by atoms with Crippen LogP contribution in [0.15, 0.2) is 6.07 Å². The predicted molar refractivity (Wildman–Crippen MR) is 74.9 cm³/mol. The zero-order valence-corrected chi connectivity index (χ0v) is 12.6. The summed E-state index contributed by atoms with van der Waals surface area (Å²) in [5.41, 5.74) is 1.14. The van der Waals surface area contributed by atoms with Crippen molar-refractivity contribution in [1.29, 1.82) is 0 Å². The van der Waals surface area contributed by atoms with Crippen LogP contribution in [-0.4, -0.2) is 31.2 Å². The van der Waals surface area contributed by atoms with Crippen molar-refractivity contribution in [2.75, 3.05) is 13.2 Å². The highest BCUT2D eigenvalue weighted by Gasteiger charge is 2.28. The second-order valence-electron chi connectivity index (χ2n) is 5.09. The molecule has 1 aliphatic carbocycles. The first kappa shape index (κ1) is 16.8. The number of nitrogens with one attached hydrogen (secondary N) is 1. The van der Waals surface area contributed by atoms with Crippen LogP contribution < -0.4 is 5.32 Å². The number of carbonyl (C=O) groups is 2. The smallest absolute Gasteiger partial charge is 0.405 e. The second-order valence-corrected chi connectivity index (χ2v) is 6.22. The van der Waals surface area contributed by atoms with Gasteiger partial charge in [0.1, 0.15) is 11.4 Å². The summed E-state index contributed by atoms with van der Waals surface area (Å²) in [7, 11) is 0. The Morgan fingerprint density at radius 2 is 1.95 bits per heavy atom. The van der Waals surface area contributed by atoms with E-state index in [1.165, 1.54) is 17.8 Å². The van der Waals surface area contributed by atoms with Gasteiger partial charge in [-0.3, -0.25) is 4.79 Å². The van der Waals surface area contributed by atoms with E-state index in [0.717, 1.165) is 36.1 Å². The molecule has 2 rings (SSSR count). The van der Waals surface area contributed by atoms with E-state index in [2.05, 4.69) is 0 Å². The number of esters is 1. The van der Waals surface area contributed by atoms with E-state index >= 15 is 0 Å². The Bertz CT molecular complexity index is 531. The molecule has 1 aromatic heterocycles. The van der Waals surface area contributed by atoms with Crippen molar-refractivity contribution in [3.05, 3.63) is 21.4 Å². The molecule has 0 saturated heterocycles. The summed E-state index contributed by atoms with van der Waals surface area (Å²) < 4.78 is 40.5. The Morgan fingerprint density at radius 3 is 2.68 bits per heavy atom. The van der Waals surface area contributed by atoms with Gasteiger partial charge < -0.3 is 10.1 Å². The summed E-state index contributed by atoms with van der Waals surface area (Å²) in [6, 6.07) is 1.77. The van der Waals surface area contributed by atoms with Crippen LogP contribution in [0.25, 0.3) is 0 Å². The summed E-state index contributed by atoms with van der Waals surface area (Å²) in [5, 5.41) is 1.65. The number of ether oxygens (including phenoxy) is 1. The minimum atomic E-state index is -4.48. The summed E-state index contributed by atoms with van der Waals surface area (Å²) in [6.07, 6.45) is 0.704. The van der Waals surface area contributed by atoms with Crippen LogP contribution in [-0.2, 0) is 22.4 Å². The molecular formula is C14H16F3NO3S. The molecule has 1 heterocycles. The minimum Gasteiger partial charge on any atom is -0.451 e. The number of hydrogen-bond acceptors (Lipinski definition) is 4. The maximum absolute atomic E-state index is 11.9. The Kier molecular flexibility index (Phi) is 5.44. The molecule has 1 aliphatic rings. The van der Waals surface area contributed by atoms with Gasteiger partial charge in [0.15, 0.2) is 6.61 Å². The topological polar surface area (TPSA) is 55.4 Å². The third-order valence-corrected chi connectivity index (χ3v) is 4.49. The van der Waals surface area contributed by atoms with Crippen molar-refractivity contribution in [2.24, 2.45) is 0 Å². The van der Waals surface area contributed by atoms with E-state index in [-0.39, 0.29) is 0 Å². The maximum atomic E-state index is 11.9. The van der Waals surface area contributed by atoms with Crippen molar-refractivity contribution in [3.63, 3.8) is 0 Å². The fourth-order valence-electron chi connectivity index (χ4n) is 2.22. The third-order valence-electron chi connectivity index (χ3n) is 3.27. The van der Waals surface area contributed by atoms with Crippen molar-refractivity contribution < 1.29 is 27.5 Å². The van der Waals surface area contributed by atoms with Gasteiger partial charge in [0.25, 0.3) is 5.91 Å². The number of hydrogen-bond donors (Lipinski definition) is 1. The highest BCUT2D eigenvalue weighted by Crippen LogP contribution is 2.29. The van der Waals surface area contributed by atoms with Gasteiger partial charge in [0.05, 0.1) is 0 Å². The molecule has 0 atom stereocenters. The maximum Gasteiger partial charge on any atom is 0.405 e. The fourth-order valence-corrected chi connectivity index (χ4v) is 3.37. The average Bonchev–Trinajstić information content (AvgIpc) is 2.73. The monoisotopic (exact) mass is 335 g/mol. The van der Waals surface area contributed by atoms with Gasteiger partial charge in [-0.2, -0.15) is 13.2 Å². The number of thiophene rings is 1. The van der Waals surface area contributed by atoms with Crippen molar-refractivity contribution >= 4 is 23.2 Å². The summed E-state index contributed by atoms with van der Waals surface area (Å²) in [6.45, 7) is -2.14. The van der Waals surface area contributed by atoms with Crippen LogP contribution >= 0.6 is 11.3 Å². The molecular weight excluding hydrogens is 319 g/mol. The van der Waals surface area contributed by atoms with E-state index in [4.69, 9.17) is 4.74 Å². The summed E-state index contributed by atoms with van der Waals surface area (Å²) in [5.74, 6) is -1.64. The SMILES string of the molecule is O=C(COC(=O)c1cc2c(s1)CCCCC2)NCC(F)(F)F. The van der Waals surface area contributed by atoms with Crippen LogP contribution in [0.2, 0.25) is 0 Å². The normalized spacial score (nSPS) is 14.9. The number of halogens is 3. The first-order chi connectivity index (χ1) is 10.3. The van der Waals surface area contributed by atoms with Crippen LogP contribution in [0.1, 0.15) is 39.4 Å². The predicted octanol–water partition coefficient (Wildman–Crippen LogP) is 2.85. The molecule has 0 radical (unpaired) electrons. The van der Waals surface area contributed by atoms with E-state index in [0.29, 0.717) is 4.88 Å². The highest BCUT2D eigenvalue weighted by molar-refractivity contribution is 7.14. The van der Waals surface area contributed by atoms with Gasteiger partial charge >= 0.3 is 12.1 Å². The largest absolute Gasteiger partial charge is 0.451 e. The van der Waals surface area contributed by atoms with Crippen LogP contribution in [0.4, 0.5) is 13.2 Å². The molecule has 1 aromatic rings. The average molecular weight is 335 g/mol. The molecule has 0 bridgehead atoms. The van der Waals surface area contributed by atoms with Crippen LogP contribution in [0, 0.1) is 0 Å². The van der Waals surface area contributed by atoms with E-state index in [1.807, 2.05) is 0 Å². The second kappa shape index (κ2) is 7.13. The lowest BCUT2D eigenvalue weighted by Crippen LogP contribution is -2.36. The molecule has 1 amide bonds. The van der Waals surface area contributed by atoms with Gasteiger partial charge in [-0.05, 0) is 37.3 Å². The molecule has 1 N–H and O–H groups in total. The molecule has 4 nitrogen and oxygen atoms in total. The number of alkyl halides is 3. The summed E-state index contributed by atoms with van der Waals surface area (Å²) >= 11 is 1.34. The Hall–Kier alpha value is -1.57. The molecule has 0 unspecified atom stereocenters. The molecule has 0 spiro atoms. The van der Waals surface area contributed by atoms with Gasteiger partial charge in [0, 0.05) is 4.88 Å². The first-order valence-corrected chi connectivity index (χ1v) is 7.79. The molecule has 0 fully saturated rings. The van der Waals surface area contributed by atoms with E-state index < -0.39 is 31.2 Å². The van der Waals surface area contributed by atoms with E-state index in [1.54, 1.807) is 11.4 Å².